The summed E-state index contributed by atoms with van der Waals surface area (Å²) in [6, 6.07) is 21.2. The number of aryl methyl sites for hydroxylation is 1. The molecule has 0 unspecified atom stereocenters. The van der Waals surface area contributed by atoms with Gasteiger partial charge >= 0.3 is 0 Å². The van der Waals surface area contributed by atoms with Gasteiger partial charge in [0, 0.05) is 31.2 Å². The minimum absolute atomic E-state index is 0.924. The molecule has 0 amide bonds. The van der Waals surface area contributed by atoms with Crippen molar-refractivity contribution in [2.45, 2.75) is 6.92 Å². The van der Waals surface area contributed by atoms with E-state index in [9.17, 15) is 0 Å². The Morgan fingerprint density at radius 2 is 1.19 bits per heavy atom. The molecule has 0 aliphatic carbocycles. The number of benzene rings is 1. The fourth-order valence-corrected chi connectivity index (χ4v) is 4.82. The van der Waals surface area contributed by atoms with Gasteiger partial charge in [0.05, 0.1) is 22.8 Å². The summed E-state index contributed by atoms with van der Waals surface area (Å²) in [5, 5.41) is 0. The zero-order valence-electron chi connectivity index (χ0n) is 17.4. The van der Waals surface area contributed by atoms with Crippen LogP contribution in [0.4, 0.5) is 0 Å². The van der Waals surface area contributed by atoms with Crippen LogP contribution in [0.1, 0.15) is 28.3 Å². The lowest BCUT2D eigenvalue weighted by Gasteiger charge is -2.04. The highest BCUT2D eigenvalue weighted by molar-refractivity contribution is 14.1. The van der Waals surface area contributed by atoms with Gasteiger partial charge in [-0.1, -0.05) is 6.07 Å². The molecule has 1 aromatic carbocycles. The van der Waals surface area contributed by atoms with Crippen molar-refractivity contribution in [1.29, 1.82) is 0 Å². The van der Waals surface area contributed by atoms with Gasteiger partial charge in [-0.15, -0.1) is 0 Å². The molecule has 32 heavy (non-hydrogen) atoms. The van der Waals surface area contributed by atoms with Crippen molar-refractivity contribution in [3.8, 4) is 11.1 Å². The minimum atomic E-state index is 0.924. The molecule has 2 aliphatic rings. The van der Waals surface area contributed by atoms with Gasteiger partial charge in [-0.05, 0) is 120 Å². The highest BCUT2D eigenvalue weighted by Crippen LogP contribution is 2.31. The minimum Gasteiger partial charge on any atom is -0.355 e. The van der Waals surface area contributed by atoms with Gasteiger partial charge < -0.3 is 9.97 Å². The van der Waals surface area contributed by atoms with Crippen molar-refractivity contribution in [3.05, 3.63) is 92.6 Å². The molecule has 4 aromatic rings. The van der Waals surface area contributed by atoms with Crippen molar-refractivity contribution in [3.63, 3.8) is 0 Å². The Hall–Kier alpha value is -3.45. The molecular weight excluding hydrogens is 507 g/mol. The molecule has 8 bridgehead atoms. The lowest BCUT2D eigenvalue weighted by Crippen LogP contribution is -1.83. The summed E-state index contributed by atoms with van der Waals surface area (Å²) < 4.78 is 1.23. The third-order valence-electron chi connectivity index (χ3n) is 5.65. The summed E-state index contributed by atoms with van der Waals surface area (Å²) >= 11 is 2.36. The average Bonchev–Trinajstić information content (AvgIpc) is 3.53. The molecule has 0 radical (unpaired) electrons. The van der Waals surface area contributed by atoms with E-state index in [0.29, 0.717) is 0 Å². The third-order valence-corrected chi connectivity index (χ3v) is 6.32. The van der Waals surface area contributed by atoms with Crippen LogP contribution in [0.2, 0.25) is 0 Å². The van der Waals surface area contributed by atoms with Crippen LogP contribution < -0.4 is 0 Å². The molecular formula is C27H19IN4. The first-order valence-corrected chi connectivity index (χ1v) is 11.5. The summed E-state index contributed by atoms with van der Waals surface area (Å²) in [5.41, 5.74) is 11.4. The van der Waals surface area contributed by atoms with Crippen LogP contribution >= 0.6 is 22.6 Å². The molecule has 3 aromatic heterocycles. The number of halogens is 1. The molecule has 0 fully saturated rings. The van der Waals surface area contributed by atoms with Gasteiger partial charge in [0.25, 0.3) is 0 Å². The quantitative estimate of drug-likeness (QED) is 0.222. The van der Waals surface area contributed by atoms with Crippen LogP contribution in [0.5, 0.6) is 0 Å². The van der Waals surface area contributed by atoms with E-state index in [4.69, 9.17) is 9.97 Å². The maximum atomic E-state index is 4.80. The van der Waals surface area contributed by atoms with E-state index in [-0.39, 0.29) is 0 Å². The highest BCUT2D eigenvalue weighted by atomic mass is 127. The average molecular weight is 526 g/mol. The second kappa shape index (κ2) is 7.60. The zero-order valence-corrected chi connectivity index (χ0v) is 19.5. The predicted molar refractivity (Wildman–Crippen MR) is 142 cm³/mol. The highest BCUT2D eigenvalue weighted by Gasteiger charge is 2.09. The number of aromatic amines is 2. The van der Waals surface area contributed by atoms with E-state index in [0.717, 1.165) is 50.4 Å². The maximum Gasteiger partial charge on any atom is 0.0658 e. The SMILES string of the molecule is Cc1cc(I)ccc1-c1cc2cc3nc(cc4ccc(cc5nc(cc1[nH]2)C=C5)[nH]4)C=C3. The third kappa shape index (κ3) is 3.69. The standard InChI is InChI=1S/C27H19IN4/c1-16-10-17(28)2-9-25(16)26-14-24-13-22-6-5-20(30-22)11-18-3-4-19(29-18)12-21-7-8-23(31-21)15-27(26)32-24/h2-15,29,32H,1H3. The van der Waals surface area contributed by atoms with Crippen LogP contribution in [-0.4, -0.2) is 19.9 Å². The van der Waals surface area contributed by atoms with Crippen LogP contribution in [0, 0.1) is 10.5 Å². The normalized spacial score (nSPS) is 12.4. The summed E-state index contributed by atoms with van der Waals surface area (Å²) in [6.45, 7) is 2.16. The van der Waals surface area contributed by atoms with E-state index in [1.165, 1.54) is 14.7 Å². The Balaban J connectivity index is 1.68. The van der Waals surface area contributed by atoms with E-state index >= 15 is 0 Å². The second-order valence-corrected chi connectivity index (χ2v) is 9.29. The largest absolute Gasteiger partial charge is 0.355 e. The molecule has 0 atom stereocenters. The molecule has 2 N–H and O–H groups in total. The van der Waals surface area contributed by atoms with Crippen molar-refractivity contribution < 1.29 is 0 Å². The molecule has 0 saturated carbocycles. The van der Waals surface area contributed by atoms with Crippen molar-refractivity contribution in [1.82, 2.24) is 19.9 Å². The zero-order chi connectivity index (χ0) is 21.7. The molecule has 4 nitrogen and oxygen atoms in total. The van der Waals surface area contributed by atoms with Gasteiger partial charge in [-0.2, -0.15) is 0 Å². The Morgan fingerprint density at radius 3 is 1.81 bits per heavy atom. The molecule has 0 spiro atoms. The number of nitrogens with zero attached hydrogens (tertiary/aromatic N) is 2. The molecule has 6 rings (SSSR count). The van der Waals surface area contributed by atoms with E-state index in [1.807, 2.05) is 18.2 Å². The second-order valence-electron chi connectivity index (χ2n) is 8.05. The van der Waals surface area contributed by atoms with E-state index in [1.54, 1.807) is 0 Å². The Kier molecular flexibility index (Phi) is 4.57. The van der Waals surface area contributed by atoms with Gasteiger partial charge in [-0.3, -0.25) is 0 Å². The number of aromatic nitrogens is 4. The van der Waals surface area contributed by atoms with E-state index < -0.39 is 0 Å². The molecule has 0 saturated heterocycles. The first-order chi connectivity index (χ1) is 15.6. The first-order valence-electron chi connectivity index (χ1n) is 10.4. The smallest absolute Gasteiger partial charge is 0.0658 e. The lowest BCUT2D eigenvalue weighted by atomic mass is 10.0. The number of H-pyrrole nitrogens is 2. The van der Waals surface area contributed by atoms with Crippen molar-refractivity contribution >= 4 is 69.0 Å². The van der Waals surface area contributed by atoms with Crippen LogP contribution in [0.25, 0.3) is 57.5 Å². The van der Waals surface area contributed by atoms with E-state index in [2.05, 4.69) is 106 Å². The monoisotopic (exact) mass is 526 g/mol. The number of hydrogen-bond donors (Lipinski definition) is 2. The van der Waals surface area contributed by atoms with Crippen molar-refractivity contribution in [2.24, 2.45) is 0 Å². The number of nitrogens with one attached hydrogen (secondary N) is 2. The van der Waals surface area contributed by atoms with Crippen LogP contribution in [-0.2, 0) is 0 Å². The molecule has 2 aliphatic heterocycles. The summed E-state index contributed by atoms with van der Waals surface area (Å²) in [6.07, 6.45) is 8.19. The van der Waals surface area contributed by atoms with Crippen molar-refractivity contribution in [2.75, 3.05) is 0 Å². The molecule has 5 heterocycles. The Bertz CT molecular complexity index is 1600. The number of hydrogen-bond acceptors (Lipinski definition) is 2. The van der Waals surface area contributed by atoms with Gasteiger partial charge in [0.15, 0.2) is 0 Å². The van der Waals surface area contributed by atoms with Gasteiger partial charge in [-0.25, -0.2) is 9.97 Å². The molecule has 154 valence electrons. The number of fused-ring (bicyclic) bond motifs is 8. The Labute approximate surface area is 198 Å². The lowest BCUT2D eigenvalue weighted by molar-refractivity contribution is 1.31. The maximum absolute atomic E-state index is 4.80. The fraction of sp³-hybridized carbons (Fsp3) is 0.0370. The summed E-state index contributed by atoms with van der Waals surface area (Å²) in [5.74, 6) is 0. The predicted octanol–water partition coefficient (Wildman–Crippen LogP) is 7.24. The van der Waals surface area contributed by atoms with Gasteiger partial charge in [0.2, 0.25) is 0 Å². The first kappa shape index (κ1) is 19.3. The number of rotatable bonds is 1. The topological polar surface area (TPSA) is 57.4 Å². The van der Waals surface area contributed by atoms with Gasteiger partial charge in [0.1, 0.15) is 0 Å². The fourth-order valence-electron chi connectivity index (χ4n) is 4.17. The molecule has 5 heteroatoms. The van der Waals surface area contributed by atoms with Crippen LogP contribution in [0.15, 0.2) is 60.7 Å². The summed E-state index contributed by atoms with van der Waals surface area (Å²) in [4.78, 5) is 16.6. The Morgan fingerprint density at radius 1 is 0.594 bits per heavy atom. The summed E-state index contributed by atoms with van der Waals surface area (Å²) in [7, 11) is 0. The van der Waals surface area contributed by atoms with Crippen LogP contribution in [0.3, 0.4) is 0 Å².